The molecule has 2 atom stereocenters. The zero-order valence-corrected chi connectivity index (χ0v) is 8.40. The largest absolute Gasteiger partial charge is 0.328 e. The summed E-state index contributed by atoms with van der Waals surface area (Å²) in [7, 11) is 0. The molecular formula is C10H13N3O2. The van der Waals surface area contributed by atoms with Gasteiger partial charge in [-0.1, -0.05) is 0 Å². The average Bonchev–Trinajstić information content (AvgIpc) is 2.15. The van der Waals surface area contributed by atoms with Crippen LogP contribution < -0.4 is 11.2 Å². The van der Waals surface area contributed by atoms with Crippen LogP contribution in [0.4, 0.5) is 0 Å². The smallest absolute Gasteiger partial charge is 0.296 e. The minimum absolute atomic E-state index is 0.246. The molecule has 15 heavy (non-hydrogen) atoms. The second kappa shape index (κ2) is 3.06. The fourth-order valence-corrected chi connectivity index (χ4v) is 2.69. The highest BCUT2D eigenvalue weighted by Gasteiger charge is 2.29. The first kappa shape index (κ1) is 8.91. The molecule has 2 aliphatic rings. The Kier molecular flexibility index (Phi) is 1.82. The molecule has 3 heterocycles. The van der Waals surface area contributed by atoms with Gasteiger partial charge in [0, 0.05) is 24.8 Å². The van der Waals surface area contributed by atoms with Crippen molar-refractivity contribution in [3.05, 3.63) is 32.6 Å². The van der Waals surface area contributed by atoms with Crippen molar-refractivity contribution < 1.29 is 0 Å². The summed E-state index contributed by atoms with van der Waals surface area (Å²) in [6, 6.07) is 1.80. The van der Waals surface area contributed by atoms with Gasteiger partial charge in [-0.15, -0.1) is 0 Å². The molecule has 80 valence electrons. The van der Waals surface area contributed by atoms with E-state index in [9.17, 15) is 9.59 Å². The Hall–Kier alpha value is -1.36. The molecule has 0 aliphatic carbocycles. The fourth-order valence-electron chi connectivity index (χ4n) is 2.69. The summed E-state index contributed by atoms with van der Waals surface area (Å²) in [5.74, 6) is 0. The maximum absolute atomic E-state index is 11.7. The number of hydrogen-bond donors (Lipinski definition) is 1. The topological polar surface area (TPSA) is 58.1 Å². The number of H-pyrrole nitrogens is 1. The summed E-state index contributed by atoms with van der Waals surface area (Å²) in [6.45, 7) is 2.76. The van der Waals surface area contributed by atoms with E-state index in [1.807, 2.05) is 0 Å². The first-order valence-corrected chi connectivity index (χ1v) is 5.31. The van der Waals surface area contributed by atoms with E-state index in [4.69, 9.17) is 0 Å². The highest BCUT2D eigenvalue weighted by molar-refractivity contribution is 5.07. The van der Waals surface area contributed by atoms with Crippen LogP contribution >= 0.6 is 0 Å². The van der Waals surface area contributed by atoms with Crippen molar-refractivity contribution in [3.8, 4) is 0 Å². The molecule has 2 unspecified atom stereocenters. The second-order valence-corrected chi connectivity index (χ2v) is 4.33. The van der Waals surface area contributed by atoms with Crippen molar-refractivity contribution in [1.29, 1.82) is 0 Å². The van der Waals surface area contributed by atoms with Crippen LogP contribution in [0.5, 0.6) is 0 Å². The fraction of sp³-hybridized carbons (Fsp3) is 0.600. The molecule has 1 aromatic rings. The van der Waals surface area contributed by atoms with Crippen LogP contribution in [0, 0.1) is 0 Å². The quantitative estimate of drug-likeness (QED) is 0.634. The van der Waals surface area contributed by atoms with Crippen molar-refractivity contribution in [2.24, 2.45) is 0 Å². The maximum Gasteiger partial charge on any atom is 0.328 e. The normalized spacial score (nSPS) is 28.5. The first-order valence-electron chi connectivity index (χ1n) is 5.31. The van der Waals surface area contributed by atoms with Gasteiger partial charge in [0.15, 0.2) is 0 Å². The molecule has 1 aromatic heterocycles. The van der Waals surface area contributed by atoms with E-state index in [0.29, 0.717) is 0 Å². The van der Waals surface area contributed by atoms with Crippen LogP contribution in [0.15, 0.2) is 15.7 Å². The molecule has 2 aliphatic heterocycles. The number of nitrogens with zero attached hydrogens (tertiary/aromatic N) is 2. The Morgan fingerprint density at radius 1 is 1.40 bits per heavy atom. The van der Waals surface area contributed by atoms with Gasteiger partial charge in [-0.05, 0) is 19.4 Å². The van der Waals surface area contributed by atoms with Crippen LogP contribution in [0.3, 0.4) is 0 Å². The maximum atomic E-state index is 11.7. The predicted octanol–water partition coefficient (Wildman–Crippen LogP) is -0.313. The van der Waals surface area contributed by atoms with E-state index in [0.717, 1.165) is 38.2 Å². The highest BCUT2D eigenvalue weighted by Crippen LogP contribution is 2.26. The number of piperidine rings is 1. The minimum Gasteiger partial charge on any atom is -0.296 e. The standard InChI is InChI=1S/C10H13N3O2/c14-9-4-8-6-12-3-1-2-7(5-12)13(8)10(15)11-9/h4,7H,1-3,5-6H2,(H,11,14,15). The molecule has 0 saturated carbocycles. The zero-order valence-electron chi connectivity index (χ0n) is 8.40. The van der Waals surface area contributed by atoms with Crippen LogP contribution in [0.25, 0.3) is 0 Å². The third-order valence-electron chi connectivity index (χ3n) is 3.29. The summed E-state index contributed by atoms with van der Waals surface area (Å²) < 4.78 is 1.76. The lowest BCUT2D eigenvalue weighted by molar-refractivity contribution is 0.129. The number of hydrogen-bond acceptors (Lipinski definition) is 3. The van der Waals surface area contributed by atoms with Crippen molar-refractivity contribution in [1.82, 2.24) is 14.5 Å². The van der Waals surface area contributed by atoms with E-state index in [1.54, 1.807) is 10.6 Å². The number of aromatic amines is 1. The third-order valence-corrected chi connectivity index (χ3v) is 3.29. The molecule has 0 aromatic carbocycles. The predicted molar refractivity (Wildman–Crippen MR) is 54.9 cm³/mol. The SMILES string of the molecule is O=c1cc2n(c(=O)[nH]1)C1CCCN(C2)C1. The van der Waals surface area contributed by atoms with Gasteiger partial charge in [0.1, 0.15) is 0 Å². The Balaban J connectivity index is 2.21. The summed E-state index contributed by atoms with van der Waals surface area (Å²) in [5.41, 5.74) is 0.330. The first-order chi connectivity index (χ1) is 7.24. The lowest BCUT2D eigenvalue weighted by atomic mass is 10.0. The van der Waals surface area contributed by atoms with Gasteiger partial charge in [0.2, 0.25) is 0 Å². The number of aromatic nitrogens is 2. The van der Waals surface area contributed by atoms with Crippen LogP contribution in [0.2, 0.25) is 0 Å². The lowest BCUT2D eigenvalue weighted by Crippen LogP contribution is -2.48. The molecule has 1 fully saturated rings. The molecule has 0 radical (unpaired) electrons. The summed E-state index contributed by atoms with van der Waals surface area (Å²) in [5, 5.41) is 0. The van der Waals surface area contributed by atoms with E-state index >= 15 is 0 Å². The van der Waals surface area contributed by atoms with E-state index in [1.165, 1.54) is 0 Å². The number of rotatable bonds is 0. The average molecular weight is 207 g/mol. The molecule has 3 rings (SSSR count). The van der Waals surface area contributed by atoms with Crippen LogP contribution in [-0.4, -0.2) is 27.5 Å². The molecule has 0 amide bonds. The van der Waals surface area contributed by atoms with Gasteiger partial charge in [0.05, 0.1) is 6.04 Å². The second-order valence-electron chi connectivity index (χ2n) is 4.33. The van der Waals surface area contributed by atoms with E-state index in [-0.39, 0.29) is 17.3 Å². The molecule has 1 N–H and O–H groups in total. The Bertz CT molecular complexity index is 502. The summed E-state index contributed by atoms with van der Waals surface area (Å²) in [4.78, 5) is 27.5. The van der Waals surface area contributed by atoms with E-state index in [2.05, 4.69) is 9.88 Å². The summed E-state index contributed by atoms with van der Waals surface area (Å²) in [6.07, 6.45) is 2.17. The molecule has 1 saturated heterocycles. The third kappa shape index (κ3) is 1.34. The monoisotopic (exact) mass is 207 g/mol. The zero-order chi connectivity index (χ0) is 10.4. The van der Waals surface area contributed by atoms with Crippen molar-refractivity contribution in [2.75, 3.05) is 13.1 Å². The lowest BCUT2D eigenvalue weighted by Gasteiger charge is -2.39. The van der Waals surface area contributed by atoms with Crippen LogP contribution in [0.1, 0.15) is 24.6 Å². The minimum atomic E-state index is -0.285. The highest BCUT2D eigenvalue weighted by atomic mass is 16.2. The molecular weight excluding hydrogens is 194 g/mol. The van der Waals surface area contributed by atoms with E-state index < -0.39 is 0 Å². The van der Waals surface area contributed by atoms with Gasteiger partial charge in [-0.25, -0.2) is 4.79 Å². The van der Waals surface area contributed by atoms with Gasteiger partial charge in [-0.2, -0.15) is 0 Å². The number of nitrogens with one attached hydrogen (secondary N) is 1. The van der Waals surface area contributed by atoms with Crippen molar-refractivity contribution in [2.45, 2.75) is 25.4 Å². The Morgan fingerprint density at radius 2 is 2.27 bits per heavy atom. The van der Waals surface area contributed by atoms with Gasteiger partial charge in [-0.3, -0.25) is 19.2 Å². The number of fused-ring (bicyclic) bond motifs is 4. The Morgan fingerprint density at radius 3 is 3.13 bits per heavy atom. The molecule has 5 nitrogen and oxygen atoms in total. The Labute approximate surface area is 86.3 Å². The van der Waals surface area contributed by atoms with Crippen LogP contribution in [-0.2, 0) is 6.54 Å². The summed E-state index contributed by atoms with van der Waals surface area (Å²) >= 11 is 0. The van der Waals surface area contributed by atoms with Gasteiger partial charge < -0.3 is 0 Å². The van der Waals surface area contributed by atoms with Crippen molar-refractivity contribution >= 4 is 0 Å². The van der Waals surface area contributed by atoms with Crippen molar-refractivity contribution in [3.63, 3.8) is 0 Å². The van der Waals surface area contributed by atoms with Gasteiger partial charge in [0.25, 0.3) is 5.56 Å². The molecule has 5 heteroatoms. The molecule has 2 bridgehead atoms. The molecule has 0 spiro atoms. The van der Waals surface area contributed by atoms with Gasteiger partial charge >= 0.3 is 5.69 Å².